The maximum Gasteiger partial charge on any atom is 0.0251 e. The van der Waals surface area contributed by atoms with E-state index in [1.54, 1.807) is 0 Å². The van der Waals surface area contributed by atoms with Crippen LogP contribution in [0.1, 0.15) is 53.4 Å². The third-order valence-electron chi connectivity index (χ3n) is 4.41. The van der Waals surface area contributed by atoms with Crippen molar-refractivity contribution in [3.05, 3.63) is 0 Å². The van der Waals surface area contributed by atoms with E-state index in [0.29, 0.717) is 0 Å². The van der Waals surface area contributed by atoms with Crippen LogP contribution in [0.4, 0.5) is 0 Å². The lowest BCUT2D eigenvalue weighted by Gasteiger charge is -2.27. The van der Waals surface area contributed by atoms with Gasteiger partial charge in [-0.25, -0.2) is 0 Å². The molecule has 0 N–H and O–H groups in total. The molecule has 0 aromatic heterocycles. The Morgan fingerprint density at radius 1 is 1.13 bits per heavy atom. The van der Waals surface area contributed by atoms with E-state index in [0.717, 1.165) is 23.8 Å². The van der Waals surface area contributed by atoms with Crippen molar-refractivity contribution in [2.24, 2.45) is 17.8 Å². The van der Waals surface area contributed by atoms with Gasteiger partial charge in [-0.3, -0.25) is 0 Å². The molecule has 0 bridgehead atoms. The highest BCUT2D eigenvalue weighted by Gasteiger charge is 2.39. The minimum absolute atomic E-state index is 0.906. The fraction of sp³-hybridized carbons (Fsp3) is 1.00. The van der Waals surface area contributed by atoms with E-state index >= 15 is 0 Å². The summed E-state index contributed by atoms with van der Waals surface area (Å²) in [6, 6.07) is 0.906. The normalized spacial score (nSPS) is 31.0. The summed E-state index contributed by atoms with van der Waals surface area (Å²) in [5.74, 6) is 2.82. The van der Waals surface area contributed by atoms with E-state index in [1.165, 1.54) is 32.2 Å². The molecule has 1 nitrogen and oxygen atoms in total. The Morgan fingerprint density at radius 3 is 2.07 bits per heavy atom. The Balaban J connectivity index is 2.47. The van der Waals surface area contributed by atoms with Crippen molar-refractivity contribution < 1.29 is 0 Å². The molecule has 0 radical (unpaired) electrons. The van der Waals surface area contributed by atoms with Gasteiger partial charge in [0.2, 0.25) is 0 Å². The first-order valence-corrected chi connectivity index (χ1v) is 6.84. The van der Waals surface area contributed by atoms with Crippen molar-refractivity contribution in [1.29, 1.82) is 0 Å². The number of hydrogen-bond donors (Lipinski definition) is 0. The van der Waals surface area contributed by atoms with Crippen LogP contribution in [0.15, 0.2) is 0 Å². The van der Waals surface area contributed by atoms with Gasteiger partial charge in [0.15, 0.2) is 0 Å². The molecule has 15 heavy (non-hydrogen) atoms. The molecule has 1 heteroatoms. The maximum absolute atomic E-state index is 2.51. The number of rotatable bonds is 7. The average Bonchev–Trinajstić information content (AvgIpc) is 2.94. The Hall–Kier alpha value is -0.0400. The van der Waals surface area contributed by atoms with Crippen LogP contribution in [-0.2, 0) is 0 Å². The largest absolute Gasteiger partial charge is 0.300 e. The molecular weight excluding hydrogens is 182 g/mol. The highest BCUT2D eigenvalue weighted by molar-refractivity contribution is 4.94. The second kappa shape index (κ2) is 5.89. The first-order chi connectivity index (χ1) is 7.13. The summed E-state index contributed by atoms with van der Waals surface area (Å²) in [6.07, 6.45) is 5.51. The molecule has 1 fully saturated rings. The van der Waals surface area contributed by atoms with Gasteiger partial charge in [-0.05, 0) is 31.2 Å². The number of hydrogen-bond acceptors (Lipinski definition) is 1. The van der Waals surface area contributed by atoms with Gasteiger partial charge in [-0.15, -0.1) is 0 Å². The highest BCUT2D eigenvalue weighted by atomic mass is 15.3. The predicted octanol–water partition coefficient (Wildman–Crippen LogP) is 3.79. The molecule has 1 aliphatic rings. The highest BCUT2D eigenvalue weighted by Crippen LogP contribution is 2.36. The first kappa shape index (κ1) is 13.0. The van der Waals surface area contributed by atoms with E-state index in [-0.39, 0.29) is 0 Å². The van der Waals surface area contributed by atoms with Gasteiger partial charge in [0.1, 0.15) is 0 Å². The zero-order chi connectivity index (χ0) is 11.4. The van der Waals surface area contributed by atoms with Crippen LogP contribution in [0.3, 0.4) is 0 Å². The van der Waals surface area contributed by atoms with Crippen LogP contribution < -0.4 is 0 Å². The summed E-state index contributed by atoms with van der Waals surface area (Å²) in [4.78, 5) is 2.51. The molecule has 0 amide bonds. The molecule has 1 saturated heterocycles. The van der Waals surface area contributed by atoms with E-state index in [2.05, 4.69) is 39.6 Å². The first-order valence-electron chi connectivity index (χ1n) is 6.84. The zero-order valence-electron chi connectivity index (χ0n) is 11.3. The van der Waals surface area contributed by atoms with Crippen molar-refractivity contribution in [3.8, 4) is 0 Å². The van der Waals surface area contributed by atoms with Crippen LogP contribution in [0.2, 0.25) is 0 Å². The summed E-state index contributed by atoms with van der Waals surface area (Å²) in [6.45, 7) is 10.8. The molecule has 0 aromatic carbocycles. The van der Waals surface area contributed by atoms with Gasteiger partial charge in [0.05, 0.1) is 0 Å². The molecule has 5 atom stereocenters. The molecule has 5 unspecified atom stereocenters. The molecule has 1 heterocycles. The topological polar surface area (TPSA) is 3.01 Å². The standard InChI is InChI=1S/C14H29N/c1-6-11(4)9-12(7-2)13(8-3)14-10-15(14)5/h11-14H,6-10H2,1-5H3. The Bertz CT molecular complexity index is 178. The minimum atomic E-state index is 0.906. The van der Waals surface area contributed by atoms with E-state index in [9.17, 15) is 0 Å². The van der Waals surface area contributed by atoms with Gasteiger partial charge >= 0.3 is 0 Å². The lowest BCUT2D eigenvalue weighted by Crippen LogP contribution is -2.23. The van der Waals surface area contributed by atoms with Gasteiger partial charge in [0.25, 0.3) is 0 Å². The fourth-order valence-corrected chi connectivity index (χ4v) is 2.96. The van der Waals surface area contributed by atoms with Crippen molar-refractivity contribution in [1.82, 2.24) is 4.90 Å². The number of nitrogens with zero attached hydrogens (tertiary/aromatic N) is 1. The van der Waals surface area contributed by atoms with Crippen molar-refractivity contribution in [3.63, 3.8) is 0 Å². The van der Waals surface area contributed by atoms with E-state index < -0.39 is 0 Å². The molecule has 1 aliphatic heterocycles. The SMILES string of the molecule is CCC(C)CC(CC)C(CC)C1CN1C. The van der Waals surface area contributed by atoms with Gasteiger partial charge in [-0.1, -0.05) is 47.0 Å². The van der Waals surface area contributed by atoms with Crippen LogP contribution in [0.5, 0.6) is 0 Å². The fourth-order valence-electron chi connectivity index (χ4n) is 2.96. The molecule has 0 spiro atoms. The van der Waals surface area contributed by atoms with Crippen LogP contribution in [0, 0.1) is 17.8 Å². The lowest BCUT2D eigenvalue weighted by molar-refractivity contribution is 0.236. The second-order valence-electron chi connectivity index (χ2n) is 5.50. The maximum atomic E-state index is 2.51. The van der Waals surface area contributed by atoms with Crippen molar-refractivity contribution >= 4 is 0 Å². The van der Waals surface area contributed by atoms with Gasteiger partial charge in [0, 0.05) is 12.6 Å². The molecule has 1 rings (SSSR count). The molecule has 0 saturated carbocycles. The van der Waals surface area contributed by atoms with E-state index in [1.807, 2.05) is 0 Å². The van der Waals surface area contributed by atoms with Gasteiger partial charge in [-0.2, -0.15) is 0 Å². The third kappa shape index (κ3) is 3.48. The van der Waals surface area contributed by atoms with E-state index in [4.69, 9.17) is 0 Å². The summed E-state index contributed by atoms with van der Waals surface area (Å²) in [5.41, 5.74) is 0. The summed E-state index contributed by atoms with van der Waals surface area (Å²) in [5, 5.41) is 0. The third-order valence-corrected chi connectivity index (χ3v) is 4.41. The molecule has 90 valence electrons. The summed E-state index contributed by atoms with van der Waals surface area (Å²) >= 11 is 0. The predicted molar refractivity (Wildman–Crippen MR) is 68.1 cm³/mol. The molecule has 0 aromatic rings. The van der Waals surface area contributed by atoms with Crippen molar-refractivity contribution in [2.75, 3.05) is 13.6 Å². The van der Waals surface area contributed by atoms with Crippen LogP contribution in [0.25, 0.3) is 0 Å². The second-order valence-corrected chi connectivity index (χ2v) is 5.50. The lowest BCUT2D eigenvalue weighted by atomic mass is 9.79. The smallest absolute Gasteiger partial charge is 0.0251 e. The van der Waals surface area contributed by atoms with Gasteiger partial charge < -0.3 is 4.90 Å². The Morgan fingerprint density at radius 2 is 1.73 bits per heavy atom. The van der Waals surface area contributed by atoms with Crippen molar-refractivity contribution in [2.45, 2.75) is 59.4 Å². The Labute approximate surface area is 96.2 Å². The molecule has 0 aliphatic carbocycles. The summed E-state index contributed by atoms with van der Waals surface area (Å²) in [7, 11) is 2.27. The monoisotopic (exact) mass is 211 g/mol. The average molecular weight is 211 g/mol. The Kier molecular flexibility index (Phi) is 5.11. The van der Waals surface area contributed by atoms with Crippen LogP contribution >= 0.6 is 0 Å². The molecular formula is C14H29N. The number of likely N-dealkylation sites (N-methyl/N-ethyl adjacent to an activating group) is 1. The quantitative estimate of drug-likeness (QED) is 0.579. The summed E-state index contributed by atoms with van der Waals surface area (Å²) < 4.78 is 0. The van der Waals surface area contributed by atoms with Crippen LogP contribution in [-0.4, -0.2) is 24.5 Å². The zero-order valence-corrected chi connectivity index (χ0v) is 11.3. The minimum Gasteiger partial charge on any atom is -0.300 e.